The molecule has 0 saturated heterocycles. The maximum atomic E-state index is 13.1. The standard InChI is InChI=1S/C16H18FNO3S/c1-11-7-15(8-12(2)16(11)21-3)22(19,20)18-10-13-5-4-6-14(17)9-13/h4-9,18H,10H2,1-3H3. The topological polar surface area (TPSA) is 55.4 Å². The van der Waals surface area contributed by atoms with Gasteiger partial charge in [0.25, 0.3) is 0 Å². The lowest BCUT2D eigenvalue weighted by Gasteiger charge is -2.12. The molecule has 0 saturated carbocycles. The van der Waals surface area contributed by atoms with Crippen molar-refractivity contribution in [2.24, 2.45) is 0 Å². The second kappa shape index (κ2) is 6.46. The fourth-order valence-corrected chi connectivity index (χ4v) is 3.48. The van der Waals surface area contributed by atoms with Crippen LogP contribution in [0.15, 0.2) is 41.3 Å². The van der Waals surface area contributed by atoms with E-state index in [1.165, 1.54) is 12.1 Å². The highest BCUT2D eigenvalue weighted by Crippen LogP contribution is 2.26. The normalized spacial score (nSPS) is 11.5. The predicted molar refractivity (Wildman–Crippen MR) is 82.9 cm³/mol. The molecule has 22 heavy (non-hydrogen) atoms. The SMILES string of the molecule is COc1c(C)cc(S(=O)(=O)NCc2cccc(F)c2)cc1C. The molecular formula is C16H18FNO3S. The van der Waals surface area contributed by atoms with Gasteiger partial charge in [-0.15, -0.1) is 0 Å². The molecule has 0 spiro atoms. The Hall–Kier alpha value is -1.92. The summed E-state index contributed by atoms with van der Waals surface area (Å²) in [6.45, 7) is 3.61. The maximum absolute atomic E-state index is 13.1. The molecule has 2 aromatic rings. The number of benzene rings is 2. The van der Waals surface area contributed by atoms with Crippen LogP contribution in [0.3, 0.4) is 0 Å². The lowest BCUT2D eigenvalue weighted by molar-refractivity contribution is 0.408. The first-order valence-electron chi connectivity index (χ1n) is 6.73. The average Bonchev–Trinajstić information content (AvgIpc) is 2.45. The number of hydrogen-bond acceptors (Lipinski definition) is 3. The van der Waals surface area contributed by atoms with Crippen molar-refractivity contribution in [2.75, 3.05) is 7.11 Å². The van der Waals surface area contributed by atoms with Crippen LogP contribution >= 0.6 is 0 Å². The molecule has 0 unspecified atom stereocenters. The molecule has 0 heterocycles. The number of sulfonamides is 1. The summed E-state index contributed by atoms with van der Waals surface area (Å²) in [7, 11) is -2.12. The summed E-state index contributed by atoms with van der Waals surface area (Å²) in [5.74, 6) is 0.275. The van der Waals surface area contributed by atoms with E-state index in [-0.39, 0.29) is 11.4 Å². The highest BCUT2D eigenvalue weighted by Gasteiger charge is 2.17. The zero-order valence-electron chi connectivity index (χ0n) is 12.7. The second-order valence-electron chi connectivity index (χ2n) is 5.04. The van der Waals surface area contributed by atoms with Gasteiger partial charge in [-0.3, -0.25) is 0 Å². The smallest absolute Gasteiger partial charge is 0.240 e. The van der Waals surface area contributed by atoms with Crippen LogP contribution in [-0.2, 0) is 16.6 Å². The molecule has 2 rings (SSSR count). The Morgan fingerprint density at radius 2 is 1.77 bits per heavy atom. The van der Waals surface area contributed by atoms with E-state index in [0.717, 1.165) is 11.1 Å². The van der Waals surface area contributed by atoms with Gasteiger partial charge in [-0.1, -0.05) is 12.1 Å². The number of rotatable bonds is 5. The molecule has 0 radical (unpaired) electrons. The molecule has 6 heteroatoms. The van der Waals surface area contributed by atoms with Gasteiger partial charge < -0.3 is 4.74 Å². The van der Waals surface area contributed by atoms with Gasteiger partial charge in [0.05, 0.1) is 12.0 Å². The van der Waals surface area contributed by atoms with E-state index in [4.69, 9.17) is 4.74 Å². The van der Waals surface area contributed by atoms with E-state index in [1.54, 1.807) is 45.2 Å². The molecule has 118 valence electrons. The highest BCUT2D eigenvalue weighted by molar-refractivity contribution is 7.89. The number of halogens is 1. The largest absolute Gasteiger partial charge is 0.496 e. The summed E-state index contributed by atoms with van der Waals surface area (Å²) in [5.41, 5.74) is 2.05. The van der Waals surface area contributed by atoms with E-state index in [9.17, 15) is 12.8 Å². The van der Waals surface area contributed by atoms with Crippen molar-refractivity contribution in [3.05, 3.63) is 58.9 Å². The third kappa shape index (κ3) is 3.64. The lowest BCUT2D eigenvalue weighted by Crippen LogP contribution is -2.23. The van der Waals surface area contributed by atoms with Gasteiger partial charge in [0.15, 0.2) is 0 Å². The Morgan fingerprint density at radius 1 is 1.14 bits per heavy atom. The summed E-state index contributed by atoms with van der Waals surface area (Å²) < 4.78 is 45.5. The van der Waals surface area contributed by atoms with Crippen molar-refractivity contribution in [2.45, 2.75) is 25.3 Å². The zero-order valence-corrected chi connectivity index (χ0v) is 13.5. The Bertz CT molecular complexity index is 765. The molecule has 0 aliphatic carbocycles. The minimum Gasteiger partial charge on any atom is -0.496 e. The molecule has 0 bridgehead atoms. The van der Waals surface area contributed by atoms with Crippen molar-refractivity contribution >= 4 is 10.0 Å². The minimum atomic E-state index is -3.67. The second-order valence-corrected chi connectivity index (χ2v) is 6.81. The fourth-order valence-electron chi connectivity index (χ4n) is 2.30. The van der Waals surface area contributed by atoms with Gasteiger partial charge in [-0.05, 0) is 54.8 Å². The summed E-state index contributed by atoms with van der Waals surface area (Å²) in [6.07, 6.45) is 0. The Labute approximate surface area is 130 Å². The van der Waals surface area contributed by atoms with Gasteiger partial charge >= 0.3 is 0 Å². The van der Waals surface area contributed by atoms with Crippen molar-refractivity contribution in [1.29, 1.82) is 0 Å². The number of methoxy groups -OCH3 is 1. The molecule has 0 fully saturated rings. The van der Waals surface area contributed by atoms with Crippen LogP contribution in [-0.4, -0.2) is 15.5 Å². The summed E-state index contributed by atoms with van der Waals surface area (Å²) in [4.78, 5) is 0.166. The molecule has 0 amide bonds. The maximum Gasteiger partial charge on any atom is 0.240 e. The third-order valence-corrected chi connectivity index (χ3v) is 4.68. The van der Waals surface area contributed by atoms with Crippen LogP contribution in [0.5, 0.6) is 5.75 Å². The number of ether oxygens (including phenoxy) is 1. The Balaban J connectivity index is 2.24. The molecule has 4 nitrogen and oxygen atoms in total. The van der Waals surface area contributed by atoms with E-state index in [0.29, 0.717) is 11.3 Å². The summed E-state index contributed by atoms with van der Waals surface area (Å²) >= 11 is 0. The molecule has 1 N–H and O–H groups in total. The molecule has 2 aromatic carbocycles. The fraction of sp³-hybridized carbons (Fsp3) is 0.250. The van der Waals surface area contributed by atoms with E-state index < -0.39 is 15.8 Å². The van der Waals surface area contributed by atoms with E-state index in [1.807, 2.05) is 0 Å². The van der Waals surface area contributed by atoms with Gasteiger partial charge in [0.1, 0.15) is 11.6 Å². The van der Waals surface area contributed by atoms with Gasteiger partial charge in [0.2, 0.25) is 10.0 Å². The minimum absolute atomic E-state index is 0.0320. The van der Waals surface area contributed by atoms with Crippen LogP contribution in [0.4, 0.5) is 4.39 Å². The van der Waals surface area contributed by atoms with Gasteiger partial charge in [0, 0.05) is 6.54 Å². The molecule has 0 aliphatic heterocycles. The first-order chi connectivity index (χ1) is 10.3. The first kappa shape index (κ1) is 16.5. The average molecular weight is 323 g/mol. The molecule has 0 aliphatic rings. The van der Waals surface area contributed by atoms with Crippen LogP contribution in [0.2, 0.25) is 0 Å². The van der Waals surface area contributed by atoms with Crippen LogP contribution in [0.1, 0.15) is 16.7 Å². The van der Waals surface area contributed by atoms with Crippen molar-refractivity contribution < 1.29 is 17.5 Å². The van der Waals surface area contributed by atoms with Crippen LogP contribution in [0.25, 0.3) is 0 Å². The molecule has 0 aromatic heterocycles. The lowest BCUT2D eigenvalue weighted by atomic mass is 10.1. The van der Waals surface area contributed by atoms with Crippen LogP contribution < -0.4 is 9.46 Å². The summed E-state index contributed by atoms with van der Waals surface area (Å²) in [5, 5.41) is 0. The van der Waals surface area contributed by atoms with Gasteiger partial charge in [-0.25, -0.2) is 17.5 Å². The number of aryl methyl sites for hydroxylation is 2. The van der Waals surface area contributed by atoms with Crippen molar-refractivity contribution in [3.63, 3.8) is 0 Å². The Morgan fingerprint density at radius 3 is 2.32 bits per heavy atom. The van der Waals surface area contributed by atoms with Gasteiger partial charge in [-0.2, -0.15) is 0 Å². The van der Waals surface area contributed by atoms with E-state index in [2.05, 4.69) is 4.72 Å². The van der Waals surface area contributed by atoms with Crippen molar-refractivity contribution in [3.8, 4) is 5.75 Å². The van der Waals surface area contributed by atoms with Crippen molar-refractivity contribution in [1.82, 2.24) is 4.72 Å². The monoisotopic (exact) mass is 323 g/mol. The summed E-state index contributed by atoms with van der Waals surface area (Å²) in [6, 6.07) is 8.93. The first-order valence-corrected chi connectivity index (χ1v) is 8.21. The Kier molecular flexibility index (Phi) is 4.83. The molecular weight excluding hydrogens is 305 g/mol. The molecule has 0 atom stereocenters. The third-order valence-electron chi connectivity index (χ3n) is 3.30. The zero-order chi connectivity index (χ0) is 16.3. The quantitative estimate of drug-likeness (QED) is 0.920. The predicted octanol–water partition coefficient (Wildman–Crippen LogP) is 2.93. The van der Waals surface area contributed by atoms with E-state index >= 15 is 0 Å². The number of nitrogens with one attached hydrogen (secondary N) is 1. The number of hydrogen-bond donors (Lipinski definition) is 1. The van der Waals surface area contributed by atoms with Crippen LogP contribution in [0, 0.1) is 19.7 Å². The highest BCUT2D eigenvalue weighted by atomic mass is 32.2.